The third kappa shape index (κ3) is 4.59. The molecular weight excluding hydrogens is 326 g/mol. The molecule has 0 aliphatic carbocycles. The summed E-state index contributed by atoms with van der Waals surface area (Å²) in [4.78, 5) is 34.6. The van der Waals surface area contributed by atoms with Crippen molar-refractivity contribution in [2.24, 2.45) is 0 Å². The summed E-state index contributed by atoms with van der Waals surface area (Å²) in [6.45, 7) is 5.11. The zero-order valence-corrected chi connectivity index (χ0v) is 14.3. The quantitative estimate of drug-likeness (QED) is 0.746. The summed E-state index contributed by atoms with van der Waals surface area (Å²) >= 11 is 0. The van der Waals surface area contributed by atoms with E-state index in [4.69, 9.17) is 9.15 Å². The molecule has 1 N–H and O–H groups in total. The number of carbonyl (C=O) groups excluding carboxylic acids is 2. The van der Waals surface area contributed by atoms with Crippen molar-refractivity contribution in [2.75, 3.05) is 0 Å². The number of hydrogen-bond acceptors (Lipinski definition) is 6. The number of hydrogen-bond donors (Lipinski definition) is 1. The smallest absolute Gasteiger partial charge is 0.336 e. The summed E-state index contributed by atoms with van der Waals surface area (Å²) < 4.78 is 10.7. The lowest BCUT2D eigenvalue weighted by molar-refractivity contribution is -0.308. The first-order chi connectivity index (χ1) is 11.8. The van der Waals surface area contributed by atoms with Crippen LogP contribution in [0.4, 0.5) is 0 Å². The molecule has 25 heavy (non-hydrogen) atoms. The van der Waals surface area contributed by atoms with E-state index in [0.29, 0.717) is 17.8 Å². The first-order valence-electron chi connectivity index (χ1n) is 8.04. The van der Waals surface area contributed by atoms with Crippen molar-refractivity contribution in [1.29, 1.82) is 0 Å². The zero-order valence-electron chi connectivity index (χ0n) is 14.3. The number of amides is 1. The van der Waals surface area contributed by atoms with Crippen LogP contribution in [0.3, 0.4) is 0 Å². The predicted octanol–water partition coefficient (Wildman–Crippen LogP) is 0.904. The molecule has 2 rings (SSSR count). The Labute approximate surface area is 144 Å². The second-order valence-electron chi connectivity index (χ2n) is 5.84. The van der Waals surface area contributed by atoms with Crippen LogP contribution in [0, 0.1) is 6.92 Å². The highest BCUT2D eigenvalue weighted by molar-refractivity contribution is 5.86. The summed E-state index contributed by atoms with van der Waals surface area (Å²) in [5, 5.41) is 14.2. The monoisotopic (exact) mass is 346 g/mol. The maximum atomic E-state index is 12.1. The highest BCUT2D eigenvalue weighted by atomic mass is 16.5. The molecule has 2 aromatic rings. The number of aryl methyl sites for hydroxylation is 1. The van der Waals surface area contributed by atoms with E-state index in [1.165, 1.54) is 19.1 Å². The van der Waals surface area contributed by atoms with Gasteiger partial charge in [-0.05, 0) is 38.0 Å². The lowest BCUT2D eigenvalue weighted by Gasteiger charge is -2.22. The van der Waals surface area contributed by atoms with Crippen molar-refractivity contribution in [3.63, 3.8) is 0 Å². The molecule has 0 saturated heterocycles. The molecule has 7 heteroatoms. The van der Waals surface area contributed by atoms with Gasteiger partial charge in [-0.25, -0.2) is 4.79 Å². The van der Waals surface area contributed by atoms with Gasteiger partial charge in [0, 0.05) is 17.5 Å². The molecule has 7 nitrogen and oxygen atoms in total. The van der Waals surface area contributed by atoms with Gasteiger partial charge in [-0.1, -0.05) is 13.3 Å². The molecule has 0 bridgehead atoms. The van der Waals surface area contributed by atoms with Crippen LogP contribution < -0.4 is 20.8 Å². The van der Waals surface area contributed by atoms with Gasteiger partial charge in [-0.3, -0.25) is 4.79 Å². The Hall–Kier alpha value is -2.83. The van der Waals surface area contributed by atoms with E-state index in [-0.39, 0.29) is 6.42 Å². The Balaban J connectivity index is 2.13. The number of aliphatic carboxylic acids is 1. The number of carbonyl (C=O) groups is 2. The first kappa shape index (κ1) is 18.5. The van der Waals surface area contributed by atoms with E-state index in [0.717, 1.165) is 10.9 Å². The first-order valence-corrected chi connectivity index (χ1v) is 8.04. The molecule has 0 aliphatic heterocycles. The molecule has 1 aromatic carbocycles. The Morgan fingerprint density at radius 1 is 1.32 bits per heavy atom. The van der Waals surface area contributed by atoms with Crippen molar-refractivity contribution >= 4 is 22.8 Å². The fourth-order valence-corrected chi connectivity index (χ4v) is 2.46. The highest BCUT2D eigenvalue weighted by Gasteiger charge is 2.19. The second-order valence-corrected chi connectivity index (χ2v) is 5.84. The molecule has 0 radical (unpaired) electrons. The molecule has 1 amide bonds. The lowest BCUT2D eigenvalue weighted by Crippen LogP contribution is -2.51. The Morgan fingerprint density at radius 2 is 2.04 bits per heavy atom. The molecule has 1 heterocycles. The van der Waals surface area contributed by atoms with Crippen molar-refractivity contribution in [2.45, 2.75) is 45.8 Å². The van der Waals surface area contributed by atoms with Gasteiger partial charge >= 0.3 is 5.63 Å². The van der Waals surface area contributed by atoms with Crippen LogP contribution >= 0.6 is 0 Å². The molecular formula is C18H20NO6-. The number of carboxylic acid groups (broad SMARTS) is 1. The molecule has 0 saturated carbocycles. The Morgan fingerprint density at radius 3 is 2.68 bits per heavy atom. The third-order valence-corrected chi connectivity index (χ3v) is 3.78. The summed E-state index contributed by atoms with van der Waals surface area (Å²) in [5.74, 6) is -1.55. The normalized spacial score (nSPS) is 13.2. The summed E-state index contributed by atoms with van der Waals surface area (Å²) in [5.41, 5.74) is 0.665. The van der Waals surface area contributed by atoms with E-state index in [2.05, 4.69) is 5.32 Å². The number of nitrogens with one attached hydrogen (secondary N) is 1. The molecule has 1 aromatic heterocycles. The maximum absolute atomic E-state index is 12.1. The van der Waals surface area contributed by atoms with E-state index in [1.54, 1.807) is 19.1 Å². The molecule has 2 unspecified atom stereocenters. The number of ether oxygens (including phenoxy) is 1. The van der Waals surface area contributed by atoms with E-state index in [1.807, 2.05) is 6.92 Å². The average Bonchev–Trinajstić information content (AvgIpc) is 2.53. The molecule has 0 aliphatic rings. The minimum absolute atomic E-state index is 0.279. The number of rotatable bonds is 7. The fraction of sp³-hybridized carbons (Fsp3) is 0.389. The second kappa shape index (κ2) is 7.83. The predicted molar refractivity (Wildman–Crippen MR) is 89.2 cm³/mol. The van der Waals surface area contributed by atoms with Gasteiger partial charge in [0.1, 0.15) is 11.3 Å². The van der Waals surface area contributed by atoms with Crippen LogP contribution in [0.25, 0.3) is 11.0 Å². The molecule has 0 fully saturated rings. The van der Waals surface area contributed by atoms with Crippen LogP contribution in [0.2, 0.25) is 0 Å². The fourth-order valence-electron chi connectivity index (χ4n) is 2.46. The lowest BCUT2D eigenvalue weighted by atomic mass is 10.1. The average molecular weight is 346 g/mol. The highest BCUT2D eigenvalue weighted by Crippen LogP contribution is 2.23. The largest absolute Gasteiger partial charge is 0.548 e. The van der Waals surface area contributed by atoms with Gasteiger partial charge < -0.3 is 24.4 Å². The van der Waals surface area contributed by atoms with Gasteiger partial charge in [-0.2, -0.15) is 0 Å². The van der Waals surface area contributed by atoms with Crippen LogP contribution in [-0.2, 0) is 9.59 Å². The SMILES string of the molecule is CCCC(NC(=O)C(C)Oc1ccc2c(C)cc(=O)oc2c1)C(=O)[O-]. The molecule has 134 valence electrons. The topological polar surface area (TPSA) is 109 Å². The number of carboxylic acids is 1. The minimum atomic E-state index is -1.33. The van der Waals surface area contributed by atoms with E-state index >= 15 is 0 Å². The maximum Gasteiger partial charge on any atom is 0.336 e. The van der Waals surface area contributed by atoms with Gasteiger partial charge in [-0.15, -0.1) is 0 Å². The van der Waals surface area contributed by atoms with Crippen molar-refractivity contribution in [3.8, 4) is 5.75 Å². The van der Waals surface area contributed by atoms with Crippen LogP contribution in [-0.4, -0.2) is 24.0 Å². The molecule has 2 atom stereocenters. The number of benzene rings is 1. The Bertz CT molecular complexity index is 841. The number of fused-ring (bicyclic) bond motifs is 1. The van der Waals surface area contributed by atoms with Crippen LogP contribution in [0.5, 0.6) is 5.75 Å². The van der Waals surface area contributed by atoms with Crippen molar-refractivity contribution in [1.82, 2.24) is 5.32 Å². The van der Waals surface area contributed by atoms with Crippen LogP contribution in [0.1, 0.15) is 32.3 Å². The van der Waals surface area contributed by atoms with Gasteiger partial charge in [0.25, 0.3) is 5.91 Å². The van der Waals surface area contributed by atoms with Crippen LogP contribution in [0.15, 0.2) is 33.5 Å². The summed E-state index contributed by atoms with van der Waals surface area (Å²) in [7, 11) is 0. The zero-order chi connectivity index (χ0) is 18.6. The van der Waals surface area contributed by atoms with Crippen molar-refractivity contribution < 1.29 is 23.8 Å². The summed E-state index contributed by atoms with van der Waals surface area (Å²) in [6.07, 6.45) is -0.0500. The van der Waals surface area contributed by atoms with Gasteiger partial charge in [0.2, 0.25) is 0 Å². The third-order valence-electron chi connectivity index (χ3n) is 3.78. The Kier molecular flexibility index (Phi) is 5.80. The minimum Gasteiger partial charge on any atom is -0.548 e. The molecule has 0 spiro atoms. The summed E-state index contributed by atoms with van der Waals surface area (Å²) in [6, 6.07) is 5.25. The van der Waals surface area contributed by atoms with E-state index < -0.39 is 29.6 Å². The van der Waals surface area contributed by atoms with Gasteiger partial charge in [0.15, 0.2) is 6.10 Å². The van der Waals surface area contributed by atoms with E-state index in [9.17, 15) is 19.5 Å². The standard InChI is InChI=1S/C18H21NO6/c1-4-5-14(18(22)23)19-17(21)11(3)24-12-6-7-13-10(2)8-16(20)25-15(13)9-12/h6-9,11,14H,4-5H2,1-3H3,(H,19,21)(H,22,23)/p-1. The van der Waals surface area contributed by atoms with Crippen molar-refractivity contribution in [3.05, 3.63) is 40.2 Å². The van der Waals surface area contributed by atoms with Gasteiger partial charge in [0.05, 0.1) is 12.0 Å².